The Hall–Kier alpha value is -2.65. The highest BCUT2D eigenvalue weighted by Crippen LogP contribution is 2.25. The van der Waals surface area contributed by atoms with Gasteiger partial charge in [0.15, 0.2) is 11.0 Å². The van der Waals surface area contributed by atoms with Crippen molar-refractivity contribution in [2.45, 2.75) is 18.1 Å². The van der Waals surface area contributed by atoms with Crippen LogP contribution < -0.4 is 0 Å². The van der Waals surface area contributed by atoms with Crippen LogP contribution in [0.5, 0.6) is 0 Å². The molecule has 0 aliphatic heterocycles. The Labute approximate surface area is 144 Å². The second-order valence-corrected chi connectivity index (χ2v) is 6.20. The van der Waals surface area contributed by atoms with Gasteiger partial charge < -0.3 is 0 Å². The van der Waals surface area contributed by atoms with E-state index in [4.69, 9.17) is 5.26 Å². The number of thioether (sulfide) groups is 1. The Morgan fingerprint density at radius 2 is 1.79 bits per heavy atom. The standard InChI is InChI=1S/C18H15FN4S/c19-16-9-7-15(8-10-16)17-21-22-18(24-12-4-11-20)23(17)13-14-5-2-1-3-6-14/h1-3,5-10H,4,12-13H2. The van der Waals surface area contributed by atoms with Crippen molar-refractivity contribution < 1.29 is 4.39 Å². The van der Waals surface area contributed by atoms with E-state index >= 15 is 0 Å². The molecule has 0 unspecified atom stereocenters. The van der Waals surface area contributed by atoms with Gasteiger partial charge >= 0.3 is 0 Å². The maximum absolute atomic E-state index is 13.2. The van der Waals surface area contributed by atoms with E-state index in [1.165, 1.54) is 23.9 Å². The summed E-state index contributed by atoms with van der Waals surface area (Å²) in [6.45, 7) is 0.620. The van der Waals surface area contributed by atoms with E-state index in [0.29, 0.717) is 24.5 Å². The first kappa shape index (κ1) is 16.2. The van der Waals surface area contributed by atoms with Crippen molar-refractivity contribution >= 4 is 11.8 Å². The smallest absolute Gasteiger partial charge is 0.191 e. The molecule has 6 heteroatoms. The first-order chi connectivity index (χ1) is 11.8. The Balaban J connectivity index is 1.95. The zero-order chi connectivity index (χ0) is 16.8. The van der Waals surface area contributed by atoms with Gasteiger partial charge in [0.2, 0.25) is 0 Å². The van der Waals surface area contributed by atoms with Crippen LogP contribution in [0, 0.1) is 17.1 Å². The second-order valence-electron chi connectivity index (χ2n) is 5.14. The number of aromatic nitrogens is 3. The summed E-state index contributed by atoms with van der Waals surface area (Å²) in [4.78, 5) is 0. The average molecular weight is 338 g/mol. The van der Waals surface area contributed by atoms with Gasteiger partial charge in [-0.05, 0) is 29.8 Å². The minimum absolute atomic E-state index is 0.281. The molecule has 0 saturated heterocycles. The van der Waals surface area contributed by atoms with Crippen molar-refractivity contribution in [3.05, 3.63) is 66.0 Å². The fourth-order valence-electron chi connectivity index (χ4n) is 2.30. The molecule has 3 aromatic rings. The molecule has 4 nitrogen and oxygen atoms in total. The van der Waals surface area contributed by atoms with Crippen molar-refractivity contribution in [1.29, 1.82) is 5.26 Å². The molecule has 24 heavy (non-hydrogen) atoms. The Morgan fingerprint density at radius 1 is 1.04 bits per heavy atom. The number of hydrogen-bond acceptors (Lipinski definition) is 4. The van der Waals surface area contributed by atoms with E-state index in [9.17, 15) is 4.39 Å². The maximum Gasteiger partial charge on any atom is 0.191 e. The normalized spacial score (nSPS) is 10.5. The lowest BCUT2D eigenvalue weighted by molar-refractivity contribution is 0.628. The van der Waals surface area contributed by atoms with Gasteiger partial charge in [0.1, 0.15) is 5.82 Å². The predicted octanol–water partition coefficient (Wildman–Crippen LogP) is 4.14. The van der Waals surface area contributed by atoms with Crippen LogP contribution in [-0.2, 0) is 6.54 Å². The summed E-state index contributed by atoms with van der Waals surface area (Å²) >= 11 is 1.50. The largest absolute Gasteiger partial charge is 0.298 e. The number of halogens is 1. The van der Waals surface area contributed by atoms with E-state index in [0.717, 1.165) is 16.3 Å². The van der Waals surface area contributed by atoms with Gasteiger partial charge in [0.25, 0.3) is 0 Å². The second kappa shape index (κ2) is 7.75. The van der Waals surface area contributed by atoms with Gasteiger partial charge in [0, 0.05) is 17.7 Å². The topological polar surface area (TPSA) is 54.5 Å². The van der Waals surface area contributed by atoms with Gasteiger partial charge in [0.05, 0.1) is 12.6 Å². The molecular weight excluding hydrogens is 323 g/mol. The minimum Gasteiger partial charge on any atom is -0.298 e. The third-order valence-corrected chi connectivity index (χ3v) is 4.42. The molecule has 0 radical (unpaired) electrons. The van der Waals surface area contributed by atoms with Crippen LogP contribution in [0.4, 0.5) is 4.39 Å². The number of hydrogen-bond donors (Lipinski definition) is 0. The molecule has 0 aliphatic carbocycles. The molecule has 1 aromatic heterocycles. The fraction of sp³-hybridized carbons (Fsp3) is 0.167. The zero-order valence-electron chi connectivity index (χ0n) is 12.9. The summed E-state index contributed by atoms with van der Waals surface area (Å²) in [7, 11) is 0. The molecule has 0 atom stereocenters. The third kappa shape index (κ3) is 3.81. The quantitative estimate of drug-likeness (QED) is 0.501. The highest BCUT2D eigenvalue weighted by Gasteiger charge is 2.14. The maximum atomic E-state index is 13.2. The molecular formula is C18H15FN4S. The molecule has 0 amide bonds. The molecule has 3 rings (SSSR count). The third-order valence-electron chi connectivity index (χ3n) is 3.45. The van der Waals surface area contributed by atoms with E-state index in [-0.39, 0.29) is 5.82 Å². The number of nitrogens with zero attached hydrogens (tertiary/aromatic N) is 4. The summed E-state index contributed by atoms with van der Waals surface area (Å²) < 4.78 is 15.2. The van der Waals surface area contributed by atoms with Crippen LogP contribution >= 0.6 is 11.8 Å². The molecule has 0 aliphatic rings. The lowest BCUT2D eigenvalue weighted by Gasteiger charge is -2.10. The van der Waals surface area contributed by atoms with Crippen molar-refractivity contribution in [1.82, 2.24) is 14.8 Å². The highest BCUT2D eigenvalue weighted by atomic mass is 32.2. The van der Waals surface area contributed by atoms with Crippen molar-refractivity contribution in [3.8, 4) is 17.5 Å². The van der Waals surface area contributed by atoms with Crippen molar-refractivity contribution in [3.63, 3.8) is 0 Å². The van der Waals surface area contributed by atoms with Crippen molar-refractivity contribution in [2.75, 3.05) is 5.75 Å². The van der Waals surface area contributed by atoms with Crippen LogP contribution in [0.25, 0.3) is 11.4 Å². The van der Waals surface area contributed by atoms with Crippen molar-refractivity contribution in [2.24, 2.45) is 0 Å². The fourth-order valence-corrected chi connectivity index (χ4v) is 3.09. The summed E-state index contributed by atoms with van der Waals surface area (Å²) in [5.74, 6) is 1.07. The van der Waals surface area contributed by atoms with Gasteiger partial charge in [-0.1, -0.05) is 42.1 Å². The van der Waals surface area contributed by atoms with E-state index in [1.54, 1.807) is 12.1 Å². The molecule has 0 fully saturated rings. The van der Waals surface area contributed by atoms with Crippen LogP contribution in [-0.4, -0.2) is 20.5 Å². The first-order valence-electron chi connectivity index (χ1n) is 7.51. The first-order valence-corrected chi connectivity index (χ1v) is 8.49. The van der Waals surface area contributed by atoms with Gasteiger partial charge in [-0.2, -0.15) is 5.26 Å². The summed E-state index contributed by atoms with van der Waals surface area (Å²) in [6, 6.07) is 18.4. The molecule has 0 spiro atoms. The predicted molar refractivity (Wildman–Crippen MR) is 91.9 cm³/mol. The highest BCUT2D eigenvalue weighted by molar-refractivity contribution is 7.99. The number of nitriles is 1. The van der Waals surface area contributed by atoms with Crippen LogP contribution in [0.3, 0.4) is 0 Å². The summed E-state index contributed by atoms with van der Waals surface area (Å²) in [5, 5.41) is 18.0. The van der Waals surface area contributed by atoms with Crippen LogP contribution in [0.15, 0.2) is 59.8 Å². The SMILES string of the molecule is N#CCCSc1nnc(-c2ccc(F)cc2)n1Cc1ccccc1. The van der Waals surface area contributed by atoms with Crippen LogP contribution in [0.2, 0.25) is 0 Å². The van der Waals surface area contributed by atoms with E-state index < -0.39 is 0 Å². The zero-order valence-corrected chi connectivity index (χ0v) is 13.7. The molecule has 0 N–H and O–H groups in total. The van der Waals surface area contributed by atoms with Gasteiger partial charge in [-0.3, -0.25) is 4.57 Å². The lowest BCUT2D eigenvalue weighted by atomic mass is 10.2. The molecule has 1 heterocycles. The Morgan fingerprint density at radius 3 is 2.50 bits per heavy atom. The van der Waals surface area contributed by atoms with E-state index in [2.05, 4.69) is 16.3 Å². The molecule has 0 bridgehead atoms. The monoisotopic (exact) mass is 338 g/mol. The summed E-state index contributed by atoms with van der Waals surface area (Å²) in [6.07, 6.45) is 0.453. The Bertz CT molecular complexity index is 838. The van der Waals surface area contributed by atoms with Gasteiger partial charge in [-0.15, -0.1) is 10.2 Å². The van der Waals surface area contributed by atoms with E-state index in [1.807, 2.05) is 34.9 Å². The summed E-state index contributed by atoms with van der Waals surface area (Å²) in [5.41, 5.74) is 1.94. The van der Waals surface area contributed by atoms with Gasteiger partial charge in [-0.25, -0.2) is 4.39 Å². The number of benzene rings is 2. The van der Waals surface area contributed by atoms with Crippen LogP contribution in [0.1, 0.15) is 12.0 Å². The minimum atomic E-state index is -0.281. The average Bonchev–Trinajstić information content (AvgIpc) is 2.99. The number of rotatable bonds is 6. The lowest BCUT2D eigenvalue weighted by Crippen LogP contribution is -2.04. The molecule has 2 aromatic carbocycles. The Kier molecular flexibility index (Phi) is 5.24. The molecule has 0 saturated carbocycles. The molecule has 120 valence electrons.